The van der Waals surface area contributed by atoms with Gasteiger partial charge in [0.05, 0.1) is 11.8 Å². The Balaban J connectivity index is 1.84. The molecular formula is C15H26N2O3. The third-order valence-corrected chi connectivity index (χ3v) is 4.98. The Morgan fingerprint density at radius 2 is 1.75 bits per heavy atom. The summed E-state index contributed by atoms with van der Waals surface area (Å²) in [5.41, 5.74) is -0.408. The fraction of sp³-hybridized carbons (Fsp3) is 0.867. The van der Waals surface area contributed by atoms with Crippen LogP contribution in [-0.2, 0) is 9.59 Å². The Morgan fingerprint density at radius 3 is 2.15 bits per heavy atom. The lowest BCUT2D eigenvalue weighted by Crippen LogP contribution is -2.47. The molecule has 0 aromatic carbocycles. The standard InChI is InChI=1S/C15H26N2O3/c1-9(2)17-7-5-10(6-8-17)16-13(18)11-12(14(19)20)15(11,3)4/h9-12H,5-8H2,1-4H3,(H,16,18)(H,19,20). The van der Waals surface area contributed by atoms with Gasteiger partial charge in [0.2, 0.25) is 5.91 Å². The molecule has 1 amide bonds. The second kappa shape index (κ2) is 5.35. The number of nitrogens with zero attached hydrogens (tertiary/aromatic N) is 1. The Morgan fingerprint density at radius 1 is 1.20 bits per heavy atom. The van der Waals surface area contributed by atoms with Crippen molar-refractivity contribution in [1.82, 2.24) is 10.2 Å². The maximum absolute atomic E-state index is 12.2. The Hall–Kier alpha value is -1.10. The van der Waals surface area contributed by atoms with Crippen LogP contribution in [0.4, 0.5) is 0 Å². The number of hydrogen-bond acceptors (Lipinski definition) is 3. The fourth-order valence-electron chi connectivity index (χ4n) is 3.44. The maximum Gasteiger partial charge on any atom is 0.307 e. The predicted molar refractivity (Wildman–Crippen MR) is 76.3 cm³/mol. The van der Waals surface area contributed by atoms with Gasteiger partial charge in [0, 0.05) is 25.2 Å². The van der Waals surface area contributed by atoms with Gasteiger partial charge < -0.3 is 15.3 Å². The highest BCUT2D eigenvalue weighted by atomic mass is 16.4. The molecule has 5 nitrogen and oxygen atoms in total. The number of carboxylic acids is 1. The molecule has 1 saturated carbocycles. The number of aliphatic carboxylic acids is 1. The van der Waals surface area contributed by atoms with E-state index in [0.717, 1.165) is 25.9 Å². The van der Waals surface area contributed by atoms with Gasteiger partial charge in [0.15, 0.2) is 0 Å². The summed E-state index contributed by atoms with van der Waals surface area (Å²) < 4.78 is 0. The first-order chi connectivity index (χ1) is 9.25. The molecule has 114 valence electrons. The number of rotatable bonds is 4. The van der Waals surface area contributed by atoms with Crippen molar-refractivity contribution in [3.05, 3.63) is 0 Å². The molecule has 2 rings (SSSR count). The minimum absolute atomic E-state index is 0.0783. The first kappa shape index (κ1) is 15.3. The van der Waals surface area contributed by atoms with Gasteiger partial charge >= 0.3 is 5.97 Å². The van der Waals surface area contributed by atoms with Crippen molar-refractivity contribution in [2.45, 2.75) is 52.6 Å². The monoisotopic (exact) mass is 282 g/mol. The molecule has 2 N–H and O–H groups in total. The fourth-order valence-corrected chi connectivity index (χ4v) is 3.44. The molecule has 1 heterocycles. The average Bonchev–Trinajstić information content (AvgIpc) is 2.93. The van der Waals surface area contributed by atoms with Gasteiger partial charge in [0.1, 0.15) is 0 Å². The van der Waals surface area contributed by atoms with Crippen molar-refractivity contribution in [2.24, 2.45) is 17.3 Å². The summed E-state index contributed by atoms with van der Waals surface area (Å²) in [6, 6.07) is 0.744. The minimum atomic E-state index is -0.857. The van der Waals surface area contributed by atoms with Crippen LogP contribution in [0, 0.1) is 17.3 Å². The molecule has 1 aliphatic heterocycles. The van der Waals surface area contributed by atoms with E-state index in [2.05, 4.69) is 24.1 Å². The van der Waals surface area contributed by atoms with Crippen molar-refractivity contribution >= 4 is 11.9 Å². The largest absolute Gasteiger partial charge is 0.481 e. The van der Waals surface area contributed by atoms with Crippen LogP contribution in [-0.4, -0.2) is 47.1 Å². The first-order valence-corrected chi connectivity index (χ1v) is 7.52. The van der Waals surface area contributed by atoms with Crippen LogP contribution in [0.5, 0.6) is 0 Å². The van der Waals surface area contributed by atoms with E-state index in [1.807, 2.05) is 13.8 Å². The lowest BCUT2D eigenvalue weighted by molar-refractivity contribution is -0.140. The van der Waals surface area contributed by atoms with Gasteiger partial charge in [-0.05, 0) is 32.1 Å². The van der Waals surface area contributed by atoms with E-state index in [9.17, 15) is 9.59 Å². The molecule has 0 spiro atoms. The van der Waals surface area contributed by atoms with E-state index in [4.69, 9.17) is 5.11 Å². The van der Waals surface area contributed by atoms with Gasteiger partial charge in [-0.3, -0.25) is 9.59 Å². The van der Waals surface area contributed by atoms with Gasteiger partial charge in [0.25, 0.3) is 0 Å². The quantitative estimate of drug-likeness (QED) is 0.816. The number of carboxylic acid groups (broad SMARTS) is 1. The number of amides is 1. The highest BCUT2D eigenvalue weighted by Gasteiger charge is 2.65. The van der Waals surface area contributed by atoms with Crippen molar-refractivity contribution in [1.29, 1.82) is 0 Å². The summed E-state index contributed by atoms with van der Waals surface area (Å²) in [6.07, 6.45) is 1.91. The summed E-state index contributed by atoms with van der Waals surface area (Å²) in [6.45, 7) is 10.1. The number of nitrogens with one attached hydrogen (secondary N) is 1. The molecule has 1 aliphatic carbocycles. The number of carbonyl (C=O) groups excluding carboxylic acids is 1. The van der Waals surface area contributed by atoms with Gasteiger partial charge in [-0.15, -0.1) is 0 Å². The van der Waals surface area contributed by atoms with Crippen LogP contribution < -0.4 is 5.32 Å². The zero-order valence-electron chi connectivity index (χ0n) is 12.8. The second-order valence-electron chi connectivity index (χ2n) is 7.03. The van der Waals surface area contributed by atoms with E-state index in [1.54, 1.807) is 0 Å². The molecule has 2 atom stereocenters. The number of hydrogen-bond donors (Lipinski definition) is 2. The summed E-state index contributed by atoms with van der Waals surface area (Å²) in [5, 5.41) is 12.2. The lowest BCUT2D eigenvalue weighted by Gasteiger charge is -2.35. The molecule has 5 heteroatoms. The smallest absolute Gasteiger partial charge is 0.307 e. The highest BCUT2D eigenvalue weighted by Crippen LogP contribution is 2.58. The van der Waals surface area contributed by atoms with Crippen molar-refractivity contribution in [2.75, 3.05) is 13.1 Å². The van der Waals surface area contributed by atoms with Gasteiger partial charge in [-0.1, -0.05) is 13.8 Å². The molecule has 0 radical (unpaired) electrons. The highest BCUT2D eigenvalue weighted by molar-refractivity contribution is 5.91. The third kappa shape index (κ3) is 2.82. The molecule has 2 unspecified atom stereocenters. The average molecular weight is 282 g/mol. The SMILES string of the molecule is CC(C)N1CCC(NC(=O)C2C(C(=O)O)C2(C)C)CC1. The summed E-state index contributed by atoms with van der Waals surface area (Å²) in [5.74, 6) is -1.84. The number of carbonyl (C=O) groups is 2. The summed E-state index contributed by atoms with van der Waals surface area (Å²) >= 11 is 0. The Labute approximate surface area is 120 Å². The normalized spacial score (nSPS) is 30.2. The van der Waals surface area contributed by atoms with Crippen LogP contribution in [0.3, 0.4) is 0 Å². The minimum Gasteiger partial charge on any atom is -0.481 e. The molecule has 2 fully saturated rings. The maximum atomic E-state index is 12.2. The Bertz CT molecular complexity index is 398. The Kier molecular flexibility index (Phi) is 4.09. The number of likely N-dealkylation sites (tertiary alicyclic amines) is 1. The van der Waals surface area contributed by atoms with E-state index in [-0.39, 0.29) is 17.9 Å². The molecule has 1 saturated heterocycles. The van der Waals surface area contributed by atoms with Crippen LogP contribution >= 0.6 is 0 Å². The number of piperidine rings is 1. The van der Waals surface area contributed by atoms with E-state index >= 15 is 0 Å². The first-order valence-electron chi connectivity index (χ1n) is 7.52. The molecule has 0 bridgehead atoms. The van der Waals surface area contributed by atoms with Crippen LogP contribution in [0.25, 0.3) is 0 Å². The molecule has 0 aromatic rings. The predicted octanol–water partition coefficient (Wildman–Crippen LogP) is 1.33. The topological polar surface area (TPSA) is 69.6 Å². The van der Waals surface area contributed by atoms with Gasteiger partial charge in [-0.2, -0.15) is 0 Å². The van der Waals surface area contributed by atoms with Crippen molar-refractivity contribution < 1.29 is 14.7 Å². The van der Waals surface area contributed by atoms with E-state index in [0.29, 0.717) is 6.04 Å². The zero-order valence-corrected chi connectivity index (χ0v) is 12.8. The van der Waals surface area contributed by atoms with Crippen LogP contribution in [0.15, 0.2) is 0 Å². The van der Waals surface area contributed by atoms with Crippen LogP contribution in [0.2, 0.25) is 0 Å². The van der Waals surface area contributed by atoms with E-state index in [1.165, 1.54) is 0 Å². The van der Waals surface area contributed by atoms with Crippen LogP contribution in [0.1, 0.15) is 40.5 Å². The molecule has 0 aromatic heterocycles. The summed E-state index contributed by atoms with van der Waals surface area (Å²) in [4.78, 5) is 25.8. The van der Waals surface area contributed by atoms with Crippen molar-refractivity contribution in [3.63, 3.8) is 0 Å². The third-order valence-electron chi connectivity index (χ3n) is 4.98. The molecule has 2 aliphatic rings. The van der Waals surface area contributed by atoms with E-state index < -0.39 is 17.3 Å². The second-order valence-corrected chi connectivity index (χ2v) is 7.03. The lowest BCUT2D eigenvalue weighted by atomic mass is 10.0. The molecule has 20 heavy (non-hydrogen) atoms. The molecular weight excluding hydrogens is 256 g/mol. The van der Waals surface area contributed by atoms with Crippen molar-refractivity contribution in [3.8, 4) is 0 Å². The summed E-state index contributed by atoms with van der Waals surface area (Å²) in [7, 11) is 0. The van der Waals surface area contributed by atoms with Gasteiger partial charge in [-0.25, -0.2) is 0 Å². The zero-order chi connectivity index (χ0) is 15.1.